The zero-order chi connectivity index (χ0) is 17.4. The van der Waals surface area contributed by atoms with E-state index in [1.165, 1.54) is 27.5 Å². The normalized spacial score (nSPS) is 14.6. The number of hydrogen-bond donors (Lipinski definition) is 2. The van der Waals surface area contributed by atoms with Crippen LogP contribution in [-0.2, 0) is 6.42 Å². The van der Waals surface area contributed by atoms with Crippen molar-refractivity contribution in [2.75, 3.05) is 0 Å². The highest BCUT2D eigenvalue weighted by Gasteiger charge is 2.17. The Balaban J connectivity index is 1.61. The van der Waals surface area contributed by atoms with Gasteiger partial charge in [-0.25, -0.2) is 4.79 Å². The number of carboxylic acids is 1. The van der Waals surface area contributed by atoms with E-state index in [9.17, 15) is 9.90 Å². The topological polar surface area (TPSA) is 70.7 Å². The summed E-state index contributed by atoms with van der Waals surface area (Å²) >= 11 is 1.73. The van der Waals surface area contributed by atoms with Gasteiger partial charge in [0.05, 0.1) is 0 Å². The van der Waals surface area contributed by atoms with Gasteiger partial charge >= 0.3 is 5.97 Å². The molecule has 2 N–H and O–H groups in total. The molecule has 2 aromatic carbocycles. The lowest BCUT2D eigenvalue weighted by molar-refractivity contribution is 0.0694. The average Bonchev–Trinajstić information content (AvgIpc) is 3.21. The van der Waals surface area contributed by atoms with Crippen molar-refractivity contribution in [2.45, 2.75) is 11.3 Å². The van der Waals surface area contributed by atoms with E-state index in [1.807, 2.05) is 24.3 Å². The van der Waals surface area contributed by atoms with E-state index in [0.717, 1.165) is 12.2 Å². The zero-order valence-electron chi connectivity index (χ0n) is 13.1. The van der Waals surface area contributed by atoms with Crippen LogP contribution in [0.4, 0.5) is 0 Å². The Kier molecular flexibility index (Phi) is 3.86. The van der Waals surface area contributed by atoms with Crippen molar-refractivity contribution in [2.24, 2.45) is 0 Å². The standard InChI is InChI=1S/C20H14O4S/c21-17-7-5-12(10-16(17)20(22)23)18-8-6-14(24-18)11-15-9-13-3-1-2-4-19(13)25-15/h1-8,10-11,21H,9H2,(H,22,23)/b15-11+. The largest absolute Gasteiger partial charge is 0.507 e. The number of thioether (sulfide) groups is 1. The second-order valence-corrected chi connectivity index (χ2v) is 6.90. The van der Waals surface area contributed by atoms with Crippen LogP contribution in [0.1, 0.15) is 21.7 Å². The van der Waals surface area contributed by atoms with Crippen molar-refractivity contribution in [3.05, 3.63) is 76.4 Å². The molecular formula is C20H14O4S. The molecule has 0 bridgehead atoms. The van der Waals surface area contributed by atoms with Crippen LogP contribution >= 0.6 is 11.8 Å². The smallest absolute Gasteiger partial charge is 0.339 e. The molecule has 3 aromatic rings. The summed E-state index contributed by atoms with van der Waals surface area (Å²) in [5.74, 6) is -0.149. The molecule has 124 valence electrons. The van der Waals surface area contributed by atoms with Crippen molar-refractivity contribution in [1.29, 1.82) is 0 Å². The van der Waals surface area contributed by atoms with Gasteiger partial charge in [-0.3, -0.25) is 0 Å². The van der Waals surface area contributed by atoms with Gasteiger partial charge in [0.2, 0.25) is 0 Å². The van der Waals surface area contributed by atoms with Crippen LogP contribution in [0.5, 0.6) is 5.75 Å². The highest BCUT2D eigenvalue weighted by atomic mass is 32.2. The summed E-state index contributed by atoms with van der Waals surface area (Å²) in [5.41, 5.74) is 1.79. The summed E-state index contributed by atoms with van der Waals surface area (Å²) in [7, 11) is 0. The van der Waals surface area contributed by atoms with Gasteiger partial charge in [-0.2, -0.15) is 0 Å². The van der Waals surface area contributed by atoms with E-state index in [-0.39, 0.29) is 11.3 Å². The molecule has 5 heteroatoms. The zero-order valence-corrected chi connectivity index (χ0v) is 13.9. The maximum atomic E-state index is 11.1. The van der Waals surface area contributed by atoms with Crippen LogP contribution in [0.15, 0.2) is 68.8 Å². The molecule has 0 unspecified atom stereocenters. The molecule has 1 aromatic heterocycles. The molecule has 2 heterocycles. The van der Waals surface area contributed by atoms with Crippen molar-refractivity contribution < 1.29 is 19.4 Å². The van der Waals surface area contributed by atoms with Gasteiger partial charge in [0.15, 0.2) is 0 Å². The van der Waals surface area contributed by atoms with E-state index >= 15 is 0 Å². The molecule has 0 atom stereocenters. The lowest BCUT2D eigenvalue weighted by Gasteiger charge is -2.02. The maximum absolute atomic E-state index is 11.1. The van der Waals surface area contributed by atoms with Crippen LogP contribution in [0.2, 0.25) is 0 Å². The Hall–Kier alpha value is -2.92. The highest BCUT2D eigenvalue weighted by Crippen LogP contribution is 2.41. The van der Waals surface area contributed by atoms with Gasteiger partial charge in [0.25, 0.3) is 0 Å². The van der Waals surface area contributed by atoms with E-state index in [1.54, 1.807) is 23.9 Å². The third-order valence-electron chi connectivity index (χ3n) is 4.02. The number of phenols is 1. The fraction of sp³-hybridized carbons (Fsp3) is 0.0500. The molecule has 4 nitrogen and oxygen atoms in total. The predicted octanol–water partition coefficient (Wildman–Crippen LogP) is 5.04. The first-order chi connectivity index (χ1) is 12.1. The van der Waals surface area contributed by atoms with Crippen LogP contribution in [0.3, 0.4) is 0 Å². The summed E-state index contributed by atoms with van der Waals surface area (Å²) in [4.78, 5) is 13.6. The van der Waals surface area contributed by atoms with Crippen LogP contribution in [-0.4, -0.2) is 16.2 Å². The quantitative estimate of drug-likeness (QED) is 0.692. The molecule has 0 amide bonds. The summed E-state index contributed by atoms with van der Waals surface area (Å²) in [5, 5.41) is 18.7. The number of furan rings is 1. The number of carboxylic acid groups (broad SMARTS) is 1. The number of rotatable bonds is 3. The number of benzene rings is 2. The lowest BCUT2D eigenvalue weighted by Crippen LogP contribution is -1.96. The first-order valence-electron chi connectivity index (χ1n) is 7.73. The molecule has 0 fully saturated rings. The Morgan fingerprint density at radius 2 is 1.96 bits per heavy atom. The second kappa shape index (κ2) is 6.18. The fourth-order valence-corrected chi connectivity index (χ4v) is 3.90. The number of allylic oxidation sites excluding steroid dienone is 1. The fourth-order valence-electron chi connectivity index (χ4n) is 2.80. The van der Waals surface area contributed by atoms with Gasteiger partial charge in [0.1, 0.15) is 22.8 Å². The Bertz CT molecular complexity index is 973. The number of hydrogen-bond acceptors (Lipinski definition) is 4. The Morgan fingerprint density at radius 1 is 1.12 bits per heavy atom. The van der Waals surface area contributed by atoms with Gasteiger partial charge in [-0.1, -0.05) is 30.0 Å². The monoisotopic (exact) mass is 350 g/mol. The molecule has 1 aliphatic heterocycles. The molecule has 4 rings (SSSR count). The summed E-state index contributed by atoms with van der Waals surface area (Å²) in [6.07, 6.45) is 2.89. The first-order valence-corrected chi connectivity index (χ1v) is 8.54. The number of carbonyl (C=O) groups is 1. The lowest BCUT2D eigenvalue weighted by atomic mass is 10.1. The summed E-state index contributed by atoms with van der Waals surface area (Å²) < 4.78 is 5.84. The average molecular weight is 350 g/mol. The second-order valence-electron chi connectivity index (χ2n) is 5.74. The molecule has 0 saturated carbocycles. The maximum Gasteiger partial charge on any atom is 0.339 e. The molecule has 25 heavy (non-hydrogen) atoms. The highest BCUT2D eigenvalue weighted by molar-refractivity contribution is 8.03. The Labute approximate surface area is 148 Å². The molecule has 0 radical (unpaired) electrons. The number of aromatic carboxylic acids is 1. The van der Waals surface area contributed by atoms with Crippen molar-refractivity contribution in [3.8, 4) is 17.1 Å². The SMILES string of the molecule is O=C(O)c1cc(-c2ccc(/C=C3\Cc4ccccc4S3)o2)ccc1O. The van der Waals surface area contributed by atoms with Gasteiger partial charge in [0, 0.05) is 16.9 Å². The van der Waals surface area contributed by atoms with Gasteiger partial charge < -0.3 is 14.6 Å². The first kappa shape index (κ1) is 15.6. The van der Waals surface area contributed by atoms with Gasteiger partial charge in [-0.05, 0) is 52.9 Å². The van der Waals surface area contributed by atoms with E-state index < -0.39 is 5.97 Å². The van der Waals surface area contributed by atoms with Crippen molar-refractivity contribution in [3.63, 3.8) is 0 Å². The molecule has 0 aliphatic carbocycles. The van der Waals surface area contributed by atoms with Gasteiger partial charge in [-0.15, -0.1) is 0 Å². The van der Waals surface area contributed by atoms with E-state index in [0.29, 0.717) is 11.3 Å². The van der Waals surface area contributed by atoms with Crippen LogP contribution in [0, 0.1) is 0 Å². The minimum absolute atomic E-state index is 0.143. The third-order valence-corrected chi connectivity index (χ3v) is 5.16. The predicted molar refractivity (Wildman–Crippen MR) is 96.7 cm³/mol. The molecular weight excluding hydrogens is 336 g/mol. The minimum atomic E-state index is -1.17. The Morgan fingerprint density at radius 3 is 2.76 bits per heavy atom. The van der Waals surface area contributed by atoms with Crippen molar-refractivity contribution in [1.82, 2.24) is 0 Å². The molecule has 0 spiro atoms. The van der Waals surface area contributed by atoms with Crippen LogP contribution in [0.25, 0.3) is 17.4 Å². The summed E-state index contributed by atoms with van der Waals surface area (Å²) in [6, 6.07) is 16.4. The van der Waals surface area contributed by atoms with Crippen molar-refractivity contribution >= 4 is 23.8 Å². The number of fused-ring (bicyclic) bond motifs is 1. The van der Waals surface area contributed by atoms with E-state index in [2.05, 4.69) is 12.1 Å². The molecule has 0 saturated heterocycles. The minimum Gasteiger partial charge on any atom is -0.507 e. The van der Waals surface area contributed by atoms with Crippen LogP contribution < -0.4 is 0 Å². The molecule has 1 aliphatic rings. The summed E-state index contributed by atoms with van der Waals surface area (Å²) in [6.45, 7) is 0. The third kappa shape index (κ3) is 3.06. The number of aromatic hydroxyl groups is 1. The van der Waals surface area contributed by atoms with E-state index in [4.69, 9.17) is 9.52 Å².